The summed E-state index contributed by atoms with van der Waals surface area (Å²) in [6, 6.07) is 10.7. The minimum Gasteiger partial charge on any atom is -0.294 e. The van der Waals surface area contributed by atoms with Gasteiger partial charge in [0.15, 0.2) is 5.78 Å². The van der Waals surface area contributed by atoms with E-state index < -0.39 is 0 Å². The summed E-state index contributed by atoms with van der Waals surface area (Å²) in [6.07, 6.45) is 4.72. The molecule has 1 unspecified atom stereocenters. The van der Waals surface area contributed by atoms with Crippen LogP contribution in [0.5, 0.6) is 0 Å². The number of ketones is 1. The van der Waals surface area contributed by atoms with Gasteiger partial charge in [0.05, 0.1) is 0 Å². The van der Waals surface area contributed by atoms with Crippen LogP contribution in [0.1, 0.15) is 41.3 Å². The number of hydrogen-bond acceptors (Lipinski definition) is 1. The summed E-state index contributed by atoms with van der Waals surface area (Å²) in [6.45, 7) is 2.10. The summed E-state index contributed by atoms with van der Waals surface area (Å²) in [5.41, 5.74) is 3.78. The molecule has 1 heteroatoms. The Morgan fingerprint density at radius 3 is 2.58 bits per heavy atom. The Balaban J connectivity index is 1.89. The van der Waals surface area contributed by atoms with Crippen LogP contribution < -0.4 is 0 Å². The van der Waals surface area contributed by atoms with Crippen LogP contribution >= 0.6 is 0 Å². The lowest BCUT2D eigenvalue weighted by Crippen LogP contribution is -2.13. The minimum absolute atomic E-state index is 0.193. The van der Waals surface area contributed by atoms with Crippen LogP contribution in [0.25, 0.3) is 10.8 Å². The van der Waals surface area contributed by atoms with E-state index in [4.69, 9.17) is 0 Å². The Morgan fingerprint density at radius 1 is 1.11 bits per heavy atom. The fourth-order valence-electron chi connectivity index (χ4n) is 3.52. The normalized spacial score (nSPS) is 18.8. The summed E-state index contributed by atoms with van der Waals surface area (Å²) in [7, 11) is 0. The third-order valence-electron chi connectivity index (χ3n) is 4.89. The van der Waals surface area contributed by atoms with Gasteiger partial charge < -0.3 is 0 Å². The third-order valence-corrected chi connectivity index (χ3v) is 4.89. The summed E-state index contributed by atoms with van der Waals surface area (Å²) < 4.78 is 0. The predicted molar refractivity (Wildman–Crippen MR) is 77.6 cm³/mol. The fraction of sp³-hybridized carbons (Fsp3) is 0.389. The van der Waals surface area contributed by atoms with E-state index in [-0.39, 0.29) is 5.92 Å². The number of rotatable bonds is 3. The maximum atomic E-state index is 12.7. The maximum absolute atomic E-state index is 12.7. The Bertz CT molecular complexity index is 669. The Kier molecular flexibility index (Phi) is 2.32. The van der Waals surface area contributed by atoms with Crippen molar-refractivity contribution in [2.45, 2.75) is 32.6 Å². The summed E-state index contributed by atoms with van der Waals surface area (Å²) >= 11 is 0. The monoisotopic (exact) mass is 250 g/mol. The van der Waals surface area contributed by atoms with Gasteiger partial charge in [-0.2, -0.15) is 0 Å². The lowest BCUT2D eigenvalue weighted by Gasteiger charge is -2.12. The molecule has 0 heterocycles. The Hall–Kier alpha value is -1.63. The largest absolute Gasteiger partial charge is 0.294 e. The summed E-state index contributed by atoms with van der Waals surface area (Å²) in [5.74, 6) is 1.17. The van der Waals surface area contributed by atoms with Gasteiger partial charge in [-0.25, -0.2) is 0 Å². The molecule has 2 aromatic rings. The van der Waals surface area contributed by atoms with Gasteiger partial charge in [-0.3, -0.25) is 4.79 Å². The van der Waals surface area contributed by atoms with Crippen LogP contribution in [0.3, 0.4) is 0 Å². The molecule has 0 bridgehead atoms. The molecule has 0 aromatic heterocycles. The number of hydrogen-bond donors (Lipinski definition) is 0. The second kappa shape index (κ2) is 3.93. The minimum atomic E-state index is 0.193. The van der Waals surface area contributed by atoms with Crippen LogP contribution in [0.15, 0.2) is 30.3 Å². The van der Waals surface area contributed by atoms with Crippen LogP contribution in [-0.4, -0.2) is 5.78 Å². The van der Waals surface area contributed by atoms with Crippen molar-refractivity contribution >= 4 is 16.6 Å². The number of carbonyl (C=O) groups excluding carboxylic acids is 1. The summed E-state index contributed by atoms with van der Waals surface area (Å²) in [4.78, 5) is 12.7. The molecule has 2 aliphatic carbocycles. The number of Topliss-reactive ketones (excluding diaryl/α,β-unsaturated/α-hetero) is 1. The van der Waals surface area contributed by atoms with E-state index in [1.165, 1.54) is 34.7 Å². The Morgan fingerprint density at radius 2 is 1.84 bits per heavy atom. The number of aryl methyl sites for hydroxylation is 2. The van der Waals surface area contributed by atoms with Crippen molar-refractivity contribution in [1.82, 2.24) is 0 Å². The van der Waals surface area contributed by atoms with Gasteiger partial charge in [0, 0.05) is 11.5 Å². The molecular weight excluding hydrogens is 232 g/mol. The molecule has 96 valence electrons. The van der Waals surface area contributed by atoms with Crippen molar-refractivity contribution in [1.29, 1.82) is 0 Å². The van der Waals surface area contributed by atoms with E-state index in [9.17, 15) is 4.79 Å². The van der Waals surface area contributed by atoms with E-state index in [0.717, 1.165) is 18.4 Å². The summed E-state index contributed by atoms with van der Waals surface area (Å²) in [5, 5.41) is 2.54. The van der Waals surface area contributed by atoms with Crippen molar-refractivity contribution in [3.8, 4) is 0 Å². The average molecular weight is 250 g/mol. The highest BCUT2D eigenvalue weighted by atomic mass is 16.1. The van der Waals surface area contributed by atoms with E-state index in [0.29, 0.717) is 11.7 Å². The van der Waals surface area contributed by atoms with E-state index >= 15 is 0 Å². The molecule has 1 nitrogen and oxygen atoms in total. The lowest BCUT2D eigenvalue weighted by molar-refractivity contribution is 0.0918. The first-order chi connectivity index (χ1) is 9.25. The highest BCUT2D eigenvalue weighted by Gasteiger charge is 2.33. The Labute approximate surface area is 113 Å². The first-order valence-corrected chi connectivity index (χ1v) is 7.33. The molecule has 0 spiro atoms. The second-order valence-corrected chi connectivity index (χ2v) is 6.10. The van der Waals surface area contributed by atoms with Crippen LogP contribution in [0.4, 0.5) is 0 Å². The molecule has 2 aliphatic rings. The van der Waals surface area contributed by atoms with Gasteiger partial charge in [-0.1, -0.05) is 37.3 Å². The molecular formula is C18H18O. The third kappa shape index (κ3) is 1.64. The highest BCUT2D eigenvalue weighted by molar-refractivity contribution is 6.11. The predicted octanol–water partition coefficient (Wildman–Crippen LogP) is 4.17. The zero-order valence-electron chi connectivity index (χ0n) is 11.3. The molecule has 19 heavy (non-hydrogen) atoms. The molecule has 1 fully saturated rings. The van der Waals surface area contributed by atoms with Crippen molar-refractivity contribution in [3.05, 3.63) is 47.0 Å². The van der Waals surface area contributed by atoms with Crippen LogP contribution in [-0.2, 0) is 12.8 Å². The van der Waals surface area contributed by atoms with Crippen molar-refractivity contribution < 1.29 is 4.79 Å². The SMILES string of the molecule is CC(C(=O)c1ccc2c3c(cccc13)CC2)C1CC1. The molecule has 0 amide bonds. The zero-order chi connectivity index (χ0) is 13.0. The van der Waals surface area contributed by atoms with Gasteiger partial charge >= 0.3 is 0 Å². The molecule has 2 aromatic carbocycles. The van der Waals surface area contributed by atoms with Crippen LogP contribution in [0, 0.1) is 11.8 Å². The van der Waals surface area contributed by atoms with Crippen LogP contribution in [0.2, 0.25) is 0 Å². The first kappa shape index (κ1) is 11.2. The lowest BCUT2D eigenvalue weighted by atomic mass is 9.90. The molecule has 1 saturated carbocycles. The standard InChI is InChI=1S/C18H18O/c1-11(12-5-6-12)18(19)16-10-9-14-8-7-13-3-2-4-15(16)17(13)14/h2-4,9-12H,5-8H2,1H3. The van der Waals surface area contributed by atoms with Gasteiger partial charge in [0.25, 0.3) is 0 Å². The molecule has 0 N–H and O–H groups in total. The fourth-order valence-corrected chi connectivity index (χ4v) is 3.52. The topological polar surface area (TPSA) is 17.1 Å². The average Bonchev–Trinajstić information content (AvgIpc) is 3.21. The molecule has 1 atom stereocenters. The van der Waals surface area contributed by atoms with Gasteiger partial charge in [-0.15, -0.1) is 0 Å². The zero-order valence-corrected chi connectivity index (χ0v) is 11.3. The molecule has 0 saturated heterocycles. The molecule has 4 rings (SSSR count). The van der Waals surface area contributed by atoms with E-state index in [1.807, 2.05) is 0 Å². The van der Waals surface area contributed by atoms with Crippen molar-refractivity contribution in [3.63, 3.8) is 0 Å². The van der Waals surface area contributed by atoms with E-state index in [2.05, 4.69) is 37.3 Å². The number of benzene rings is 2. The van der Waals surface area contributed by atoms with Gasteiger partial charge in [0.1, 0.15) is 0 Å². The quantitative estimate of drug-likeness (QED) is 0.747. The van der Waals surface area contributed by atoms with E-state index in [1.54, 1.807) is 0 Å². The number of carbonyl (C=O) groups is 1. The van der Waals surface area contributed by atoms with Gasteiger partial charge in [0.2, 0.25) is 0 Å². The van der Waals surface area contributed by atoms with Crippen molar-refractivity contribution in [2.75, 3.05) is 0 Å². The molecule has 0 radical (unpaired) electrons. The van der Waals surface area contributed by atoms with Gasteiger partial charge in [-0.05, 0) is 53.5 Å². The first-order valence-electron chi connectivity index (χ1n) is 7.33. The smallest absolute Gasteiger partial charge is 0.166 e. The maximum Gasteiger partial charge on any atom is 0.166 e. The highest BCUT2D eigenvalue weighted by Crippen LogP contribution is 2.40. The van der Waals surface area contributed by atoms with Crippen molar-refractivity contribution in [2.24, 2.45) is 11.8 Å². The second-order valence-electron chi connectivity index (χ2n) is 6.10. The molecule has 0 aliphatic heterocycles.